The summed E-state index contributed by atoms with van der Waals surface area (Å²) in [6, 6.07) is 23.2. The monoisotopic (exact) mass is 413 g/mol. The molecule has 0 spiro atoms. The Kier molecular flexibility index (Phi) is 6.03. The van der Waals surface area contributed by atoms with E-state index >= 15 is 0 Å². The van der Waals surface area contributed by atoms with Crippen LogP contribution in [0.3, 0.4) is 0 Å². The second-order valence-corrected chi connectivity index (χ2v) is 7.74. The Hall–Kier alpha value is -3.60. The zero-order valence-corrected chi connectivity index (χ0v) is 18.1. The van der Waals surface area contributed by atoms with Gasteiger partial charge in [-0.2, -0.15) is 0 Å². The highest BCUT2D eigenvalue weighted by molar-refractivity contribution is 5.94. The summed E-state index contributed by atoms with van der Waals surface area (Å²) in [5, 5.41) is 3.08. The number of nitrogens with one attached hydrogen (secondary N) is 1. The molecular formula is C26H27N3O2. The Labute approximate surface area is 182 Å². The van der Waals surface area contributed by atoms with Crippen molar-refractivity contribution in [3.63, 3.8) is 0 Å². The molecule has 0 aliphatic heterocycles. The SMILES string of the molecule is Cc1cccc(C)c1OCCn1c(C(C)NC(=O)c2ccccc2)nc2ccccc21. The second kappa shape index (κ2) is 9.04. The van der Waals surface area contributed by atoms with Crippen molar-refractivity contribution in [2.75, 3.05) is 6.61 Å². The van der Waals surface area contributed by atoms with Gasteiger partial charge in [0.25, 0.3) is 5.91 Å². The third kappa shape index (κ3) is 4.45. The standard InChI is InChI=1S/C26H27N3O2/c1-18-10-9-11-19(2)24(18)31-17-16-29-23-15-8-7-14-22(23)28-25(29)20(3)27-26(30)21-12-5-4-6-13-21/h4-15,20H,16-17H2,1-3H3,(H,27,30). The number of aromatic nitrogens is 2. The summed E-state index contributed by atoms with van der Waals surface area (Å²) in [6.07, 6.45) is 0. The fraction of sp³-hybridized carbons (Fsp3) is 0.231. The molecule has 0 saturated carbocycles. The van der Waals surface area contributed by atoms with E-state index in [1.807, 2.05) is 61.5 Å². The number of fused-ring (bicyclic) bond motifs is 1. The van der Waals surface area contributed by atoms with Crippen molar-refractivity contribution in [3.8, 4) is 5.75 Å². The summed E-state index contributed by atoms with van der Waals surface area (Å²) in [5.41, 5.74) is 4.82. The van der Waals surface area contributed by atoms with Crippen molar-refractivity contribution >= 4 is 16.9 Å². The minimum atomic E-state index is -0.250. The molecule has 31 heavy (non-hydrogen) atoms. The molecule has 0 radical (unpaired) electrons. The lowest BCUT2D eigenvalue weighted by Gasteiger charge is -2.17. The van der Waals surface area contributed by atoms with Crippen molar-refractivity contribution in [3.05, 3.63) is 95.3 Å². The average Bonchev–Trinajstić information content (AvgIpc) is 3.15. The summed E-state index contributed by atoms with van der Waals surface area (Å²) in [4.78, 5) is 17.5. The van der Waals surface area contributed by atoms with Crippen molar-refractivity contribution < 1.29 is 9.53 Å². The number of carbonyl (C=O) groups excluding carboxylic acids is 1. The lowest BCUT2D eigenvalue weighted by atomic mass is 10.1. The van der Waals surface area contributed by atoms with Crippen LogP contribution in [0.25, 0.3) is 11.0 Å². The maximum absolute atomic E-state index is 12.7. The number of rotatable bonds is 7. The number of imidazole rings is 1. The lowest BCUT2D eigenvalue weighted by Crippen LogP contribution is -2.29. The molecule has 4 aromatic rings. The number of nitrogens with zero attached hydrogens (tertiary/aromatic N) is 2. The van der Waals surface area contributed by atoms with E-state index in [4.69, 9.17) is 9.72 Å². The maximum atomic E-state index is 12.7. The zero-order valence-electron chi connectivity index (χ0n) is 18.1. The molecule has 1 unspecified atom stereocenters. The first-order valence-electron chi connectivity index (χ1n) is 10.5. The Morgan fingerprint density at radius 2 is 1.65 bits per heavy atom. The molecule has 5 nitrogen and oxygen atoms in total. The molecule has 1 amide bonds. The van der Waals surface area contributed by atoms with E-state index < -0.39 is 0 Å². The van der Waals surface area contributed by atoms with E-state index in [1.54, 1.807) is 0 Å². The van der Waals surface area contributed by atoms with Crippen LogP contribution < -0.4 is 10.1 Å². The Bertz CT molecular complexity index is 1180. The van der Waals surface area contributed by atoms with Gasteiger partial charge in [-0.1, -0.05) is 48.5 Å². The number of ether oxygens (including phenoxy) is 1. The smallest absolute Gasteiger partial charge is 0.251 e. The first kappa shape index (κ1) is 20.7. The molecule has 0 aliphatic rings. The van der Waals surface area contributed by atoms with E-state index in [0.717, 1.165) is 33.7 Å². The van der Waals surface area contributed by atoms with Gasteiger partial charge in [-0.05, 0) is 56.2 Å². The summed E-state index contributed by atoms with van der Waals surface area (Å²) in [7, 11) is 0. The highest BCUT2D eigenvalue weighted by Gasteiger charge is 2.19. The van der Waals surface area contributed by atoms with Gasteiger partial charge in [-0.3, -0.25) is 4.79 Å². The van der Waals surface area contributed by atoms with Crippen molar-refractivity contribution in [1.82, 2.24) is 14.9 Å². The number of benzene rings is 3. The largest absolute Gasteiger partial charge is 0.491 e. The van der Waals surface area contributed by atoms with Crippen LogP contribution in [0.5, 0.6) is 5.75 Å². The van der Waals surface area contributed by atoms with Crippen LogP contribution in [0.2, 0.25) is 0 Å². The van der Waals surface area contributed by atoms with Gasteiger partial charge in [0.05, 0.1) is 23.6 Å². The van der Waals surface area contributed by atoms with Gasteiger partial charge in [0.2, 0.25) is 0 Å². The topological polar surface area (TPSA) is 56.1 Å². The molecule has 1 N–H and O–H groups in total. The van der Waals surface area contributed by atoms with E-state index in [9.17, 15) is 4.79 Å². The summed E-state index contributed by atoms with van der Waals surface area (Å²) < 4.78 is 8.28. The second-order valence-electron chi connectivity index (χ2n) is 7.74. The van der Waals surface area contributed by atoms with Gasteiger partial charge in [-0.25, -0.2) is 4.98 Å². The highest BCUT2D eigenvalue weighted by Crippen LogP contribution is 2.24. The minimum absolute atomic E-state index is 0.113. The quantitative estimate of drug-likeness (QED) is 0.452. The predicted octanol–water partition coefficient (Wildman–Crippen LogP) is 5.22. The molecule has 158 valence electrons. The van der Waals surface area contributed by atoms with Gasteiger partial charge in [-0.15, -0.1) is 0 Å². The van der Waals surface area contributed by atoms with Crippen molar-refractivity contribution in [2.45, 2.75) is 33.4 Å². The van der Waals surface area contributed by atoms with E-state index in [0.29, 0.717) is 18.7 Å². The molecule has 1 aromatic heterocycles. The van der Waals surface area contributed by atoms with Gasteiger partial charge in [0.1, 0.15) is 18.2 Å². The van der Waals surface area contributed by atoms with Gasteiger partial charge >= 0.3 is 0 Å². The first-order chi connectivity index (χ1) is 15.0. The van der Waals surface area contributed by atoms with E-state index in [-0.39, 0.29) is 11.9 Å². The molecule has 5 heteroatoms. The third-order valence-corrected chi connectivity index (χ3v) is 5.43. The van der Waals surface area contributed by atoms with Crippen LogP contribution in [0.4, 0.5) is 0 Å². The van der Waals surface area contributed by atoms with E-state index in [2.05, 4.69) is 41.9 Å². The minimum Gasteiger partial charge on any atom is -0.491 e. The number of amides is 1. The summed E-state index contributed by atoms with van der Waals surface area (Å²) in [6.45, 7) is 7.22. The van der Waals surface area contributed by atoms with Gasteiger partial charge in [0.15, 0.2) is 0 Å². The average molecular weight is 414 g/mol. The molecule has 0 fully saturated rings. The van der Waals surface area contributed by atoms with Crippen LogP contribution >= 0.6 is 0 Å². The predicted molar refractivity (Wildman–Crippen MR) is 123 cm³/mol. The van der Waals surface area contributed by atoms with E-state index in [1.165, 1.54) is 0 Å². The third-order valence-electron chi connectivity index (χ3n) is 5.43. The number of para-hydroxylation sites is 3. The van der Waals surface area contributed by atoms with Crippen LogP contribution in [-0.4, -0.2) is 22.1 Å². The number of aryl methyl sites for hydroxylation is 2. The molecule has 4 rings (SSSR count). The lowest BCUT2D eigenvalue weighted by molar-refractivity contribution is 0.0937. The number of hydrogen-bond acceptors (Lipinski definition) is 3. The molecule has 0 aliphatic carbocycles. The summed E-state index contributed by atoms with van der Waals surface area (Å²) in [5.74, 6) is 1.63. The normalized spacial score (nSPS) is 12.0. The molecule has 3 aromatic carbocycles. The molecule has 1 atom stereocenters. The Morgan fingerprint density at radius 3 is 2.39 bits per heavy atom. The Balaban J connectivity index is 1.56. The van der Waals surface area contributed by atoms with Gasteiger partial charge in [0, 0.05) is 5.56 Å². The highest BCUT2D eigenvalue weighted by atomic mass is 16.5. The zero-order chi connectivity index (χ0) is 21.8. The van der Waals surface area contributed by atoms with Crippen LogP contribution in [0.1, 0.15) is 40.3 Å². The molecular weight excluding hydrogens is 386 g/mol. The first-order valence-corrected chi connectivity index (χ1v) is 10.5. The van der Waals surface area contributed by atoms with Crippen molar-refractivity contribution in [2.24, 2.45) is 0 Å². The van der Waals surface area contributed by atoms with Gasteiger partial charge < -0.3 is 14.6 Å². The fourth-order valence-corrected chi connectivity index (χ4v) is 3.86. The molecule has 0 bridgehead atoms. The molecule has 1 heterocycles. The van der Waals surface area contributed by atoms with Crippen molar-refractivity contribution in [1.29, 1.82) is 0 Å². The number of hydrogen-bond donors (Lipinski definition) is 1. The maximum Gasteiger partial charge on any atom is 0.251 e. The number of carbonyl (C=O) groups is 1. The van der Waals surface area contributed by atoms with Crippen LogP contribution in [-0.2, 0) is 6.54 Å². The van der Waals surface area contributed by atoms with Crippen LogP contribution in [0, 0.1) is 13.8 Å². The summed E-state index contributed by atoms with van der Waals surface area (Å²) >= 11 is 0. The molecule has 0 saturated heterocycles. The Morgan fingerprint density at radius 1 is 0.968 bits per heavy atom. The fourth-order valence-electron chi connectivity index (χ4n) is 3.86. The van der Waals surface area contributed by atoms with Crippen LogP contribution in [0.15, 0.2) is 72.8 Å².